The van der Waals surface area contributed by atoms with Gasteiger partial charge in [0.2, 0.25) is 5.91 Å². The summed E-state index contributed by atoms with van der Waals surface area (Å²) < 4.78 is 4.86. The maximum Gasteiger partial charge on any atom is 0.310 e. The van der Waals surface area contributed by atoms with Crippen LogP contribution in [0.15, 0.2) is 49.6 Å². The molecule has 2 bridgehead atoms. The number of nitrogens with zero attached hydrogens (tertiary/aromatic N) is 3. The van der Waals surface area contributed by atoms with Gasteiger partial charge in [-0.25, -0.2) is 0 Å². The Kier molecular flexibility index (Phi) is 10.9. The fourth-order valence-electron chi connectivity index (χ4n) is 6.95. The quantitative estimate of drug-likeness (QED) is 0.125. The number of likely N-dealkylation sites (tertiary alicyclic amines) is 1. The number of rotatable bonds is 15. The number of hydrogen-bond donors (Lipinski definition) is 1. The summed E-state index contributed by atoms with van der Waals surface area (Å²) >= 11 is 5.37. The van der Waals surface area contributed by atoms with Gasteiger partial charge in [0.15, 0.2) is 0 Å². The van der Waals surface area contributed by atoms with Crippen LogP contribution in [0.25, 0.3) is 0 Å². The molecule has 3 unspecified atom stereocenters. The summed E-state index contributed by atoms with van der Waals surface area (Å²) in [6.45, 7) is 15.7. The average Bonchev–Trinajstić information content (AvgIpc) is 3.59. The van der Waals surface area contributed by atoms with Crippen LogP contribution in [-0.4, -0.2) is 87.5 Å². The number of thioether (sulfide) groups is 1. The van der Waals surface area contributed by atoms with Crippen LogP contribution in [0.1, 0.15) is 46.5 Å². The van der Waals surface area contributed by atoms with Crippen molar-refractivity contribution in [1.29, 1.82) is 0 Å². The Balaban J connectivity index is 1.74. The van der Waals surface area contributed by atoms with Crippen LogP contribution >= 0.6 is 27.7 Å². The van der Waals surface area contributed by atoms with Crippen molar-refractivity contribution < 1.29 is 24.2 Å². The van der Waals surface area contributed by atoms with Gasteiger partial charge in [-0.2, -0.15) is 0 Å². The van der Waals surface area contributed by atoms with Gasteiger partial charge in [0.1, 0.15) is 6.04 Å². The summed E-state index contributed by atoms with van der Waals surface area (Å²) in [4.78, 5) is 48.0. The number of benzene rings is 1. The minimum absolute atomic E-state index is 0.0528. The third-order valence-electron chi connectivity index (χ3n) is 8.97. The molecule has 0 radical (unpaired) electrons. The van der Waals surface area contributed by atoms with Crippen LogP contribution in [0.3, 0.4) is 0 Å². The van der Waals surface area contributed by atoms with Crippen molar-refractivity contribution in [2.45, 2.75) is 73.4 Å². The molecule has 0 aliphatic carbocycles. The first-order valence-corrected chi connectivity index (χ1v) is 16.8. The first-order valence-electron chi connectivity index (χ1n) is 15.0. The number of carbonyl (C=O) groups is 3. The molecule has 3 fully saturated rings. The second kappa shape index (κ2) is 14.0. The Labute approximate surface area is 262 Å². The number of allylic oxidation sites excluding steroid dienone is 1. The SMILES string of the molecule is C=CCCCOC(=O)[C@H]1[C@H]2C(=O)N([C@@H](CC)CO)C(C(=O)N(CC=C)c3ccc(N(CC)CC)cc3)C23CC(Br)[C@@H]1S3. The van der Waals surface area contributed by atoms with E-state index in [4.69, 9.17) is 4.74 Å². The fourth-order valence-corrected chi connectivity index (χ4v) is 10.5. The van der Waals surface area contributed by atoms with E-state index in [0.29, 0.717) is 24.9 Å². The first kappa shape index (κ1) is 32.6. The number of amides is 2. The van der Waals surface area contributed by atoms with Crippen molar-refractivity contribution in [3.63, 3.8) is 0 Å². The fraction of sp³-hybridized carbons (Fsp3) is 0.594. The lowest BCUT2D eigenvalue weighted by atomic mass is 9.71. The highest BCUT2D eigenvalue weighted by atomic mass is 79.9. The number of carbonyl (C=O) groups excluding carboxylic acids is 3. The highest BCUT2D eigenvalue weighted by Crippen LogP contribution is 2.68. The van der Waals surface area contributed by atoms with Gasteiger partial charge in [0, 0.05) is 41.1 Å². The number of alkyl halides is 1. The highest BCUT2D eigenvalue weighted by molar-refractivity contribution is 9.09. The summed E-state index contributed by atoms with van der Waals surface area (Å²) in [5, 5.41) is 10.2. The zero-order valence-corrected chi connectivity index (χ0v) is 27.3. The summed E-state index contributed by atoms with van der Waals surface area (Å²) in [6.07, 6.45) is 5.92. The molecule has 0 aromatic heterocycles. The van der Waals surface area contributed by atoms with E-state index in [2.05, 4.69) is 47.8 Å². The van der Waals surface area contributed by atoms with E-state index < -0.39 is 28.7 Å². The standard InChI is InChI=1S/C32H44BrN3O5S/c1-6-11-12-18-41-31(40)25-26-29(38)36(21(8-3)20-37)28(32(26)19-24(33)27(25)42-32)30(39)35(17-7-2)23-15-13-22(14-16-23)34(9-4)10-5/h6-7,13-16,21,24-28,37H,1-2,8-12,17-20H2,3-5H3/t21-,24?,25-,26-,27-,28?,32?/m0/s1. The van der Waals surface area contributed by atoms with Crippen LogP contribution in [0, 0.1) is 11.8 Å². The molecule has 42 heavy (non-hydrogen) atoms. The molecular formula is C32H44BrN3O5S. The third-order valence-corrected chi connectivity index (χ3v) is 12.2. The van der Waals surface area contributed by atoms with Gasteiger partial charge >= 0.3 is 5.97 Å². The van der Waals surface area contributed by atoms with E-state index in [1.165, 1.54) is 0 Å². The molecule has 0 saturated carbocycles. The molecule has 3 heterocycles. The molecule has 1 aromatic rings. The van der Waals surface area contributed by atoms with Gasteiger partial charge in [-0.05, 0) is 63.8 Å². The van der Waals surface area contributed by atoms with Gasteiger partial charge in [0.25, 0.3) is 5.91 Å². The topological polar surface area (TPSA) is 90.4 Å². The molecule has 1 N–H and O–H groups in total. The van der Waals surface area contributed by atoms with Gasteiger partial charge in [0.05, 0.1) is 35.8 Å². The molecule has 8 nitrogen and oxygen atoms in total. The predicted octanol–water partition coefficient (Wildman–Crippen LogP) is 4.80. The monoisotopic (exact) mass is 661 g/mol. The minimum atomic E-state index is -0.844. The summed E-state index contributed by atoms with van der Waals surface area (Å²) in [7, 11) is 0. The van der Waals surface area contributed by atoms with E-state index in [1.54, 1.807) is 33.7 Å². The molecule has 3 aliphatic rings. The largest absolute Gasteiger partial charge is 0.465 e. The van der Waals surface area contributed by atoms with Crippen LogP contribution in [0.4, 0.5) is 11.4 Å². The van der Waals surface area contributed by atoms with Gasteiger partial charge in [-0.15, -0.1) is 24.9 Å². The number of aliphatic hydroxyl groups excluding tert-OH is 1. The number of unbranched alkanes of at least 4 members (excludes halogenated alkanes) is 1. The number of esters is 1. The molecule has 3 saturated heterocycles. The lowest BCUT2D eigenvalue weighted by Gasteiger charge is -2.39. The van der Waals surface area contributed by atoms with Crippen LogP contribution in [-0.2, 0) is 19.1 Å². The normalized spacial score (nSPS) is 28.4. The number of ether oxygens (including phenoxy) is 1. The number of halogens is 1. The summed E-state index contributed by atoms with van der Waals surface area (Å²) in [6, 6.07) is 6.50. The lowest BCUT2D eigenvalue weighted by molar-refractivity contribution is -0.154. The van der Waals surface area contributed by atoms with Crippen LogP contribution in [0.5, 0.6) is 0 Å². The van der Waals surface area contributed by atoms with Crippen molar-refractivity contribution in [2.75, 3.05) is 42.6 Å². The number of aliphatic hydroxyl groups is 1. The Morgan fingerprint density at radius 3 is 2.43 bits per heavy atom. The van der Waals surface area contributed by atoms with Crippen molar-refractivity contribution in [1.82, 2.24) is 4.90 Å². The summed E-state index contributed by atoms with van der Waals surface area (Å²) in [5.41, 5.74) is 1.78. The molecule has 2 amide bonds. The van der Waals surface area contributed by atoms with Gasteiger partial charge in [-0.3, -0.25) is 14.4 Å². The number of anilines is 2. The Morgan fingerprint density at radius 1 is 1.19 bits per heavy atom. The third kappa shape index (κ3) is 5.66. The first-order chi connectivity index (χ1) is 20.2. The van der Waals surface area contributed by atoms with E-state index in [0.717, 1.165) is 25.2 Å². The van der Waals surface area contributed by atoms with Gasteiger partial charge in [-0.1, -0.05) is 35.0 Å². The maximum absolute atomic E-state index is 14.7. The number of hydrogen-bond acceptors (Lipinski definition) is 7. The lowest BCUT2D eigenvalue weighted by Crippen LogP contribution is -2.58. The second-order valence-electron chi connectivity index (χ2n) is 11.2. The number of fused-ring (bicyclic) bond motifs is 1. The zero-order chi connectivity index (χ0) is 30.6. The van der Waals surface area contributed by atoms with E-state index in [9.17, 15) is 19.5 Å². The Morgan fingerprint density at radius 2 is 1.86 bits per heavy atom. The van der Waals surface area contributed by atoms with E-state index in [-0.39, 0.29) is 47.6 Å². The Hall–Kier alpha value is -2.30. The predicted molar refractivity (Wildman–Crippen MR) is 173 cm³/mol. The highest BCUT2D eigenvalue weighted by Gasteiger charge is 2.76. The van der Waals surface area contributed by atoms with Crippen LogP contribution < -0.4 is 9.80 Å². The van der Waals surface area contributed by atoms with Crippen LogP contribution in [0.2, 0.25) is 0 Å². The minimum Gasteiger partial charge on any atom is -0.465 e. The van der Waals surface area contributed by atoms with Gasteiger partial charge < -0.3 is 24.5 Å². The molecule has 1 spiro atoms. The second-order valence-corrected chi connectivity index (χ2v) is 13.9. The van der Waals surface area contributed by atoms with E-state index >= 15 is 0 Å². The smallest absolute Gasteiger partial charge is 0.310 e. The zero-order valence-electron chi connectivity index (χ0n) is 24.9. The maximum atomic E-state index is 14.7. The van der Waals surface area contributed by atoms with Crippen molar-refractivity contribution >= 4 is 56.9 Å². The molecular weight excluding hydrogens is 618 g/mol. The molecule has 7 atom stereocenters. The molecule has 230 valence electrons. The Bertz CT molecular complexity index is 1160. The van der Waals surface area contributed by atoms with Crippen molar-refractivity contribution in [3.05, 3.63) is 49.6 Å². The molecule has 10 heteroatoms. The average molecular weight is 663 g/mol. The van der Waals surface area contributed by atoms with Crippen molar-refractivity contribution in [2.24, 2.45) is 11.8 Å². The van der Waals surface area contributed by atoms with Crippen molar-refractivity contribution in [3.8, 4) is 0 Å². The van der Waals surface area contributed by atoms with E-state index in [1.807, 2.05) is 31.2 Å². The molecule has 3 aliphatic heterocycles. The molecule has 1 aromatic carbocycles. The summed E-state index contributed by atoms with van der Waals surface area (Å²) in [5.74, 6) is -2.21. The molecule has 4 rings (SSSR count).